The third-order valence-corrected chi connectivity index (χ3v) is 5.90. The van der Waals surface area contributed by atoms with Gasteiger partial charge in [0.25, 0.3) is 17.7 Å². The lowest BCUT2D eigenvalue weighted by Crippen LogP contribution is -2.32. The number of nitrogens with zero attached hydrogens (tertiary/aromatic N) is 1. The van der Waals surface area contributed by atoms with Crippen molar-refractivity contribution in [2.75, 3.05) is 22.6 Å². The minimum atomic E-state index is -0.666. The van der Waals surface area contributed by atoms with Crippen molar-refractivity contribution in [1.82, 2.24) is 0 Å². The van der Waals surface area contributed by atoms with Crippen LogP contribution >= 0.6 is 11.6 Å². The van der Waals surface area contributed by atoms with E-state index in [1.165, 1.54) is 19.2 Å². The van der Waals surface area contributed by atoms with Gasteiger partial charge in [-0.2, -0.15) is 0 Å². The summed E-state index contributed by atoms with van der Waals surface area (Å²) in [6.07, 6.45) is 0. The molecule has 9 nitrogen and oxygen atoms in total. The summed E-state index contributed by atoms with van der Waals surface area (Å²) in [5, 5.41) is 5.39. The summed E-state index contributed by atoms with van der Waals surface area (Å²) in [6, 6.07) is 17.4. The van der Waals surface area contributed by atoms with Crippen LogP contribution in [0.25, 0.3) is 0 Å². The highest BCUT2D eigenvalue weighted by Crippen LogP contribution is 2.32. The number of aryl methyl sites for hydroxylation is 1. The van der Waals surface area contributed by atoms with Gasteiger partial charge < -0.3 is 21.1 Å². The molecule has 1 aliphatic rings. The number of ether oxygens (including phenoxy) is 1. The largest absolute Gasteiger partial charge is 0.497 e. The van der Waals surface area contributed by atoms with Crippen molar-refractivity contribution in [2.24, 2.45) is 5.73 Å². The van der Waals surface area contributed by atoms with Gasteiger partial charge in [-0.3, -0.25) is 19.2 Å². The van der Waals surface area contributed by atoms with Crippen molar-refractivity contribution < 1.29 is 23.9 Å². The molecule has 1 heterocycles. The van der Waals surface area contributed by atoms with E-state index >= 15 is 0 Å². The molecule has 0 unspecified atom stereocenters. The van der Waals surface area contributed by atoms with Crippen LogP contribution < -0.4 is 26.0 Å². The zero-order valence-electron chi connectivity index (χ0n) is 19.3. The molecule has 0 radical (unpaired) electrons. The van der Waals surface area contributed by atoms with Crippen molar-refractivity contribution in [1.29, 1.82) is 0 Å². The van der Waals surface area contributed by atoms with Crippen molar-refractivity contribution in [3.63, 3.8) is 0 Å². The highest BCUT2D eigenvalue weighted by Gasteiger charge is 2.39. The smallest absolute Gasteiger partial charge is 0.283 e. The lowest BCUT2D eigenvalue weighted by atomic mass is 10.1. The Morgan fingerprint density at radius 3 is 2.17 bits per heavy atom. The van der Waals surface area contributed by atoms with E-state index in [0.29, 0.717) is 33.9 Å². The van der Waals surface area contributed by atoms with Gasteiger partial charge in [0.2, 0.25) is 5.91 Å². The molecule has 0 saturated carbocycles. The van der Waals surface area contributed by atoms with Gasteiger partial charge in [0.1, 0.15) is 16.5 Å². The van der Waals surface area contributed by atoms with Gasteiger partial charge >= 0.3 is 0 Å². The average Bonchev–Trinajstić information content (AvgIpc) is 3.08. The summed E-state index contributed by atoms with van der Waals surface area (Å²) in [5.41, 5.74) is 7.71. The number of carbonyl (C=O) groups is 4. The van der Waals surface area contributed by atoms with Gasteiger partial charge in [0.05, 0.1) is 12.8 Å². The number of anilines is 3. The molecule has 0 atom stereocenters. The summed E-state index contributed by atoms with van der Waals surface area (Å²) < 4.78 is 5.11. The second kappa shape index (κ2) is 9.93. The van der Waals surface area contributed by atoms with Gasteiger partial charge in [0, 0.05) is 22.5 Å². The zero-order valence-corrected chi connectivity index (χ0v) is 20.1. The maximum atomic E-state index is 13.1. The number of carbonyl (C=O) groups excluding carboxylic acids is 4. The second-order valence-electron chi connectivity index (χ2n) is 7.88. The number of imide groups is 1. The Kier molecular flexibility index (Phi) is 6.75. The molecule has 3 aromatic rings. The molecule has 4 amide bonds. The van der Waals surface area contributed by atoms with Gasteiger partial charge in [-0.1, -0.05) is 17.7 Å². The summed E-state index contributed by atoms with van der Waals surface area (Å²) in [5.74, 6) is -1.71. The first-order valence-corrected chi connectivity index (χ1v) is 11.1. The lowest BCUT2D eigenvalue weighted by Gasteiger charge is -2.16. The highest BCUT2D eigenvalue weighted by atomic mass is 35.5. The van der Waals surface area contributed by atoms with Crippen molar-refractivity contribution in [3.8, 4) is 5.75 Å². The third kappa shape index (κ3) is 4.77. The molecule has 0 aromatic heterocycles. The third-order valence-electron chi connectivity index (χ3n) is 5.54. The van der Waals surface area contributed by atoms with Crippen LogP contribution in [0.5, 0.6) is 5.75 Å². The monoisotopic (exact) mass is 504 g/mol. The fraction of sp³-hybridized carbons (Fsp3) is 0.0769. The number of halogens is 1. The lowest BCUT2D eigenvalue weighted by molar-refractivity contribution is -0.120. The van der Waals surface area contributed by atoms with Crippen LogP contribution in [0.1, 0.15) is 26.3 Å². The fourth-order valence-electron chi connectivity index (χ4n) is 3.53. The number of nitrogens with two attached hydrogens (primary N) is 1. The number of amides is 4. The summed E-state index contributed by atoms with van der Waals surface area (Å²) in [6.45, 7) is 1.78. The first-order chi connectivity index (χ1) is 17.2. The van der Waals surface area contributed by atoms with E-state index in [-0.39, 0.29) is 10.7 Å². The first-order valence-electron chi connectivity index (χ1n) is 10.7. The van der Waals surface area contributed by atoms with Crippen LogP contribution in [0, 0.1) is 6.92 Å². The Labute approximate surface area is 211 Å². The predicted octanol–water partition coefficient (Wildman–Crippen LogP) is 3.79. The SMILES string of the molecule is COc1ccc(N2C(=O)C(Cl)=C(Nc3cc(C(=O)Nc4ccc(C(N)=O)cc4)ccc3C)C2=O)cc1. The molecular formula is C26H21ClN4O5. The van der Waals surface area contributed by atoms with E-state index < -0.39 is 23.6 Å². The Hall–Kier alpha value is -4.63. The van der Waals surface area contributed by atoms with Crippen molar-refractivity contribution in [3.05, 3.63) is 94.1 Å². The number of primary amides is 1. The predicted molar refractivity (Wildman–Crippen MR) is 136 cm³/mol. The zero-order chi connectivity index (χ0) is 26.0. The number of hydrogen-bond acceptors (Lipinski definition) is 6. The fourth-order valence-corrected chi connectivity index (χ4v) is 3.74. The Bertz CT molecular complexity index is 1420. The van der Waals surface area contributed by atoms with Crippen LogP contribution in [-0.2, 0) is 9.59 Å². The summed E-state index contributed by atoms with van der Waals surface area (Å²) in [4.78, 5) is 50.8. The molecule has 0 aliphatic carbocycles. The summed E-state index contributed by atoms with van der Waals surface area (Å²) in [7, 11) is 1.51. The number of hydrogen-bond donors (Lipinski definition) is 3. The maximum Gasteiger partial charge on any atom is 0.283 e. The molecule has 3 aromatic carbocycles. The van der Waals surface area contributed by atoms with Crippen LogP contribution in [0.3, 0.4) is 0 Å². The van der Waals surface area contributed by atoms with E-state index in [4.69, 9.17) is 22.1 Å². The van der Waals surface area contributed by atoms with Crippen LogP contribution in [-0.4, -0.2) is 30.7 Å². The molecule has 0 fully saturated rings. The number of rotatable bonds is 7. The number of nitrogens with one attached hydrogen (secondary N) is 2. The van der Waals surface area contributed by atoms with Crippen molar-refractivity contribution in [2.45, 2.75) is 6.92 Å². The molecule has 10 heteroatoms. The molecule has 0 spiro atoms. The standard InChI is InChI=1S/C26H21ClN4O5/c1-14-3-4-16(24(33)29-17-7-5-15(6-8-17)23(28)32)13-20(14)30-22-21(27)25(34)31(26(22)35)18-9-11-19(36-2)12-10-18/h3-13,30H,1-2H3,(H2,28,32)(H,29,33). The molecule has 0 bridgehead atoms. The molecule has 4 N–H and O–H groups in total. The average molecular weight is 505 g/mol. The molecule has 4 rings (SSSR count). The highest BCUT2D eigenvalue weighted by molar-refractivity contribution is 6.53. The van der Waals surface area contributed by atoms with Gasteiger partial charge in [0.15, 0.2) is 0 Å². The first kappa shape index (κ1) is 24.5. The van der Waals surface area contributed by atoms with E-state index in [9.17, 15) is 19.2 Å². The molecule has 182 valence electrons. The minimum absolute atomic E-state index is 0.0971. The van der Waals surface area contributed by atoms with Crippen LogP contribution in [0.15, 0.2) is 77.5 Å². The second-order valence-corrected chi connectivity index (χ2v) is 8.26. The Morgan fingerprint density at radius 2 is 1.56 bits per heavy atom. The number of benzene rings is 3. The summed E-state index contributed by atoms with van der Waals surface area (Å²) >= 11 is 6.24. The molecule has 36 heavy (non-hydrogen) atoms. The normalized spacial score (nSPS) is 13.1. The quantitative estimate of drug-likeness (QED) is 0.419. The minimum Gasteiger partial charge on any atom is -0.497 e. The van der Waals surface area contributed by atoms with Crippen LogP contribution in [0.2, 0.25) is 0 Å². The Balaban J connectivity index is 1.54. The number of methoxy groups -OCH3 is 1. The van der Waals surface area contributed by atoms with Gasteiger partial charge in [-0.25, -0.2) is 4.90 Å². The Morgan fingerprint density at radius 1 is 0.917 bits per heavy atom. The van der Waals surface area contributed by atoms with Crippen LogP contribution in [0.4, 0.5) is 17.1 Å². The molecule has 0 saturated heterocycles. The van der Waals surface area contributed by atoms with Crippen molar-refractivity contribution >= 4 is 52.3 Å². The van der Waals surface area contributed by atoms with E-state index in [1.807, 2.05) is 0 Å². The van der Waals surface area contributed by atoms with E-state index in [0.717, 1.165) is 10.5 Å². The van der Waals surface area contributed by atoms with Gasteiger partial charge in [-0.15, -0.1) is 0 Å². The molecule has 1 aliphatic heterocycles. The van der Waals surface area contributed by atoms with E-state index in [1.54, 1.807) is 61.5 Å². The van der Waals surface area contributed by atoms with E-state index in [2.05, 4.69) is 10.6 Å². The van der Waals surface area contributed by atoms with Gasteiger partial charge in [-0.05, 0) is 73.2 Å². The molecular weight excluding hydrogens is 484 g/mol. The topological polar surface area (TPSA) is 131 Å². The maximum absolute atomic E-state index is 13.1.